The molecule has 2 aliphatic carbocycles. The molecule has 96 valence electrons. The van der Waals surface area contributed by atoms with Crippen LogP contribution in [-0.4, -0.2) is 23.9 Å². The van der Waals surface area contributed by atoms with Gasteiger partial charge in [0.25, 0.3) is 0 Å². The van der Waals surface area contributed by atoms with E-state index in [0.717, 1.165) is 23.7 Å². The van der Waals surface area contributed by atoms with Gasteiger partial charge >= 0.3 is 0 Å². The van der Waals surface area contributed by atoms with Gasteiger partial charge in [-0.25, -0.2) is 0 Å². The zero-order chi connectivity index (χ0) is 11.8. The van der Waals surface area contributed by atoms with E-state index in [9.17, 15) is 0 Å². The molecule has 8 unspecified atom stereocenters. The molecule has 0 aromatic rings. The Bertz CT molecular complexity index is 342. The van der Waals surface area contributed by atoms with E-state index in [0.29, 0.717) is 18.3 Å². The maximum absolute atomic E-state index is 5.90. The van der Waals surface area contributed by atoms with E-state index in [-0.39, 0.29) is 5.60 Å². The van der Waals surface area contributed by atoms with E-state index >= 15 is 0 Å². The Labute approximate surface area is 104 Å². The highest BCUT2D eigenvalue weighted by atomic mass is 16.6. The van der Waals surface area contributed by atoms with Crippen LogP contribution in [0.15, 0.2) is 0 Å². The Hall–Kier alpha value is -0.0800. The van der Waals surface area contributed by atoms with Crippen LogP contribution in [0.1, 0.15) is 46.5 Å². The van der Waals surface area contributed by atoms with Gasteiger partial charge in [-0.3, -0.25) is 0 Å². The summed E-state index contributed by atoms with van der Waals surface area (Å²) in [5.74, 6) is 3.46. The number of hydrogen-bond donors (Lipinski definition) is 0. The second-order valence-electron chi connectivity index (χ2n) is 7.33. The van der Waals surface area contributed by atoms with Crippen LogP contribution in [0.2, 0.25) is 0 Å². The molecule has 0 aromatic heterocycles. The number of rotatable bonds is 1. The summed E-state index contributed by atoms with van der Waals surface area (Å²) < 4.78 is 11.6. The van der Waals surface area contributed by atoms with Crippen LogP contribution in [0.5, 0.6) is 0 Å². The first-order valence-corrected chi connectivity index (χ1v) is 7.40. The normalized spacial score (nSPS) is 64.8. The van der Waals surface area contributed by atoms with Crippen LogP contribution in [0, 0.1) is 23.7 Å². The molecule has 2 aliphatic heterocycles. The molecular weight excluding hydrogens is 212 g/mol. The maximum Gasteiger partial charge on any atom is 0.0923 e. The number of fused-ring (bicyclic) bond motifs is 2. The summed E-state index contributed by atoms with van der Waals surface area (Å²) in [4.78, 5) is 0. The first kappa shape index (κ1) is 10.8. The lowest BCUT2D eigenvalue weighted by Crippen LogP contribution is -2.38. The average molecular weight is 236 g/mol. The fourth-order valence-electron chi connectivity index (χ4n) is 4.76. The van der Waals surface area contributed by atoms with Gasteiger partial charge in [-0.2, -0.15) is 0 Å². The second kappa shape index (κ2) is 3.27. The smallest absolute Gasteiger partial charge is 0.0923 e. The molecule has 4 aliphatic rings. The SMILES string of the molecule is CC1CC2OC2CC1C1CC2(C)OC2CC1C. The Morgan fingerprint density at radius 3 is 2.47 bits per heavy atom. The van der Waals surface area contributed by atoms with E-state index in [1.807, 2.05) is 0 Å². The van der Waals surface area contributed by atoms with Crippen molar-refractivity contribution in [1.29, 1.82) is 0 Å². The third kappa shape index (κ3) is 1.60. The number of ether oxygens (including phenoxy) is 2. The molecule has 2 heterocycles. The molecule has 17 heavy (non-hydrogen) atoms. The summed E-state index contributed by atoms with van der Waals surface area (Å²) in [6.45, 7) is 7.20. The lowest BCUT2D eigenvalue weighted by molar-refractivity contribution is 0.101. The van der Waals surface area contributed by atoms with Crippen LogP contribution in [0.3, 0.4) is 0 Å². The molecule has 2 saturated heterocycles. The standard InChI is InChI=1S/C15H24O2/c1-8-4-12-13(16-12)6-10(8)11-7-15(3)14(17-15)5-9(11)2/h8-14H,4-7H2,1-3H3. The van der Waals surface area contributed by atoms with Gasteiger partial charge in [-0.1, -0.05) is 13.8 Å². The number of hydrogen-bond acceptors (Lipinski definition) is 2. The summed E-state index contributed by atoms with van der Waals surface area (Å²) in [6.07, 6.45) is 7.04. The lowest BCUT2D eigenvalue weighted by Gasteiger charge is -2.40. The summed E-state index contributed by atoms with van der Waals surface area (Å²) >= 11 is 0. The van der Waals surface area contributed by atoms with Crippen molar-refractivity contribution in [3.8, 4) is 0 Å². The highest BCUT2D eigenvalue weighted by Crippen LogP contribution is 2.57. The van der Waals surface area contributed by atoms with Gasteiger partial charge in [0, 0.05) is 0 Å². The Morgan fingerprint density at radius 2 is 1.65 bits per heavy atom. The van der Waals surface area contributed by atoms with Gasteiger partial charge in [-0.15, -0.1) is 0 Å². The first-order chi connectivity index (χ1) is 8.07. The van der Waals surface area contributed by atoms with Crippen molar-refractivity contribution < 1.29 is 9.47 Å². The molecule has 0 aromatic carbocycles. The molecule has 0 N–H and O–H groups in total. The summed E-state index contributed by atoms with van der Waals surface area (Å²) in [5.41, 5.74) is 0.248. The Kier molecular flexibility index (Phi) is 2.08. The quantitative estimate of drug-likeness (QED) is 0.654. The van der Waals surface area contributed by atoms with Crippen molar-refractivity contribution in [1.82, 2.24) is 0 Å². The second-order valence-corrected chi connectivity index (χ2v) is 7.33. The molecule has 2 saturated carbocycles. The maximum atomic E-state index is 5.90. The van der Waals surface area contributed by atoms with Gasteiger partial charge < -0.3 is 9.47 Å². The van der Waals surface area contributed by atoms with Crippen LogP contribution < -0.4 is 0 Å². The molecule has 0 amide bonds. The Balaban J connectivity index is 1.52. The fraction of sp³-hybridized carbons (Fsp3) is 1.00. The van der Waals surface area contributed by atoms with Gasteiger partial charge in [0.1, 0.15) is 0 Å². The van der Waals surface area contributed by atoms with Gasteiger partial charge in [0.05, 0.1) is 23.9 Å². The minimum atomic E-state index is 0.248. The third-order valence-corrected chi connectivity index (χ3v) is 6.07. The zero-order valence-corrected chi connectivity index (χ0v) is 11.2. The molecule has 0 spiro atoms. The van der Waals surface area contributed by atoms with Crippen molar-refractivity contribution in [3.63, 3.8) is 0 Å². The van der Waals surface area contributed by atoms with Crippen LogP contribution in [0.4, 0.5) is 0 Å². The van der Waals surface area contributed by atoms with Gasteiger partial charge in [0.15, 0.2) is 0 Å². The summed E-state index contributed by atoms with van der Waals surface area (Å²) in [6, 6.07) is 0. The van der Waals surface area contributed by atoms with E-state index in [4.69, 9.17) is 9.47 Å². The zero-order valence-electron chi connectivity index (χ0n) is 11.2. The van der Waals surface area contributed by atoms with Gasteiger partial charge in [-0.05, 0) is 56.3 Å². The monoisotopic (exact) mass is 236 g/mol. The van der Waals surface area contributed by atoms with Crippen molar-refractivity contribution >= 4 is 0 Å². The average Bonchev–Trinajstić information content (AvgIpc) is 3.12. The van der Waals surface area contributed by atoms with Crippen LogP contribution in [-0.2, 0) is 9.47 Å². The molecule has 8 atom stereocenters. The lowest BCUT2D eigenvalue weighted by atomic mass is 9.63. The van der Waals surface area contributed by atoms with E-state index in [1.165, 1.54) is 25.7 Å². The molecular formula is C15H24O2. The molecule has 4 rings (SSSR count). The van der Waals surface area contributed by atoms with Crippen molar-refractivity contribution in [3.05, 3.63) is 0 Å². The van der Waals surface area contributed by atoms with E-state index in [1.54, 1.807) is 0 Å². The number of epoxide rings is 2. The largest absolute Gasteiger partial charge is 0.370 e. The minimum absolute atomic E-state index is 0.248. The third-order valence-electron chi connectivity index (χ3n) is 6.07. The van der Waals surface area contributed by atoms with E-state index in [2.05, 4.69) is 20.8 Å². The molecule has 4 fully saturated rings. The summed E-state index contributed by atoms with van der Waals surface area (Å²) in [5, 5.41) is 0. The molecule has 0 bridgehead atoms. The van der Waals surface area contributed by atoms with Crippen molar-refractivity contribution in [2.75, 3.05) is 0 Å². The van der Waals surface area contributed by atoms with Crippen molar-refractivity contribution in [2.45, 2.75) is 70.4 Å². The predicted octanol–water partition coefficient (Wildman–Crippen LogP) is 3.00. The predicted molar refractivity (Wildman–Crippen MR) is 65.7 cm³/mol. The van der Waals surface area contributed by atoms with E-state index < -0.39 is 0 Å². The highest BCUT2D eigenvalue weighted by molar-refractivity contribution is 5.08. The van der Waals surface area contributed by atoms with Crippen molar-refractivity contribution in [2.24, 2.45) is 23.7 Å². The molecule has 2 heteroatoms. The minimum Gasteiger partial charge on any atom is -0.370 e. The Morgan fingerprint density at radius 1 is 0.941 bits per heavy atom. The molecule has 2 nitrogen and oxygen atoms in total. The summed E-state index contributed by atoms with van der Waals surface area (Å²) in [7, 11) is 0. The topological polar surface area (TPSA) is 25.1 Å². The highest BCUT2D eigenvalue weighted by Gasteiger charge is 2.60. The van der Waals surface area contributed by atoms with Crippen LogP contribution in [0.25, 0.3) is 0 Å². The molecule has 0 radical (unpaired) electrons. The fourth-order valence-corrected chi connectivity index (χ4v) is 4.76. The van der Waals surface area contributed by atoms with Crippen LogP contribution >= 0.6 is 0 Å². The first-order valence-electron chi connectivity index (χ1n) is 7.40. The van der Waals surface area contributed by atoms with Gasteiger partial charge in [0.2, 0.25) is 0 Å².